The van der Waals surface area contributed by atoms with Crippen molar-refractivity contribution >= 4 is 63.1 Å². The zero-order valence-electron chi connectivity index (χ0n) is 21.8. The minimum atomic E-state index is -1.11. The van der Waals surface area contributed by atoms with E-state index in [1.807, 2.05) is 6.92 Å². The fourth-order valence-corrected chi connectivity index (χ4v) is 5.42. The topological polar surface area (TPSA) is 106 Å². The number of nitrogens with zero attached hydrogens (tertiary/aromatic N) is 2. The van der Waals surface area contributed by atoms with Gasteiger partial charge in [0.05, 0.1) is 34.0 Å². The Hall–Kier alpha value is -3.66. The molecule has 0 saturated carbocycles. The third-order valence-electron chi connectivity index (χ3n) is 6.09. The summed E-state index contributed by atoms with van der Waals surface area (Å²) in [6.45, 7) is 7.67. The summed E-state index contributed by atoms with van der Waals surface area (Å²) < 4.78 is 10.9. The van der Waals surface area contributed by atoms with Crippen molar-refractivity contribution in [3.05, 3.63) is 92.4 Å². The van der Waals surface area contributed by atoms with Crippen LogP contribution in [0.5, 0.6) is 5.75 Å². The molecule has 0 spiro atoms. The number of Topliss-reactive ketones (excluding diaryl/α,β-unsaturated/α-hetero) is 1. The molecule has 1 aromatic heterocycles. The Morgan fingerprint density at radius 1 is 1.20 bits per heavy atom. The number of aliphatic hydroxyl groups is 1. The zero-order chi connectivity index (χ0) is 29.0. The molecule has 1 unspecified atom stereocenters. The summed E-state index contributed by atoms with van der Waals surface area (Å²) in [5.41, 5.74) is 0.855. The largest absolute Gasteiger partial charge is 0.507 e. The normalized spacial score (nSPS) is 16.3. The first-order chi connectivity index (χ1) is 19.2. The van der Waals surface area contributed by atoms with Crippen LogP contribution in [-0.2, 0) is 14.3 Å². The summed E-state index contributed by atoms with van der Waals surface area (Å²) in [5, 5.41) is 12.0. The van der Waals surface area contributed by atoms with Crippen molar-refractivity contribution in [2.24, 2.45) is 0 Å². The molecular formula is C29H26Cl2N2O6S. The average Bonchev–Trinajstić information content (AvgIpc) is 3.45. The quantitative estimate of drug-likeness (QED) is 0.0673. The fraction of sp³-hybridized carbons (Fsp3) is 0.241. The van der Waals surface area contributed by atoms with Crippen LogP contribution in [0.1, 0.15) is 52.3 Å². The number of carbonyl (C=O) groups is 3. The summed E-state index contributed by atoms with van der Waals surface area (Å²) in [6, 6.07) is 10.2. The van der Waals surface area contributed by atoms with Crippen LogP contribution in [0.4, 0.5) is 5.13 Å². The highest BCUT2D eigenvalue weighted by Crippen LogP contribution is 2.45. The number of carbonyl (C=O) groups excluding carboxylic acids is 3. The molecule has 1 fully saturated rings. The van der Waals surface area contributed by atoms with Gasteiger partial charge in [0.2, 0.25) is 0 Å². The minimum absolute atomic E-state index is 0.000513. The molecule has 4 rings (SSSR count). The lowest BCUT2D eigenvalue weighted by Crippen LogP contribution is -2.29. The van der Waals surface area contributed by atoms with Gasteiger partial charge < -0.3 is 14.6 Å². The van der Waals surface area contributed by atoms with Crippen molar-refractivity contribution in [3.63, 3.8) is 0 Å². The molecule has 1 aliphatic heterocycles. The molecule has 2 aromatic carbocycles. The van der Waals surface area contributed by atoms with Gasteiger partial charge in [-0.1, -0.05) is 78.7 Å². The summed E-state index contributed by atoms with van der Waals surface area (Å²) in [4.78, 5) is 45.2. The van der Waals surface area contributed by atoms with Crippen molar-refractivity contribution in [1.29, 1.82) is 0 Å². The molecule has 1 N–H and O–H groups in total. The lowest BCUT2D eigenvalue weighted by molar-refractivity contribution is -0.132. The SMILES string of the molecule is C=CCOC(=O)c1sc(N2C(=O)C(=O)C(=C(O)c3cccc(OCCCC)c3)C2c2ccc(Cl)c(Cl)c2)nc1C. The van der Waals surface area contributed by atoms with Gasteiger partial charge in [0.1, 0.15) is 23.0 Å². The van der Waals surface area contributed by atoms with Gasteiger partial charge >= 0.3 is 11.9 Å². The second-order valence-electron chi connectivity index (χ2n) is 8.87. The van der Waals surface area contributed by atoms with Gasteiger partial charge in [-0.2, -0.15) is 0 Å². The highest BCUT2D eigenvalue weighted by molar-refractivity contribution is 7.17. The molecular weight excluding hydrogens is 575 g/mol. The summed E-state index contributed by atoms with van der Waals surface area (Å²) in [7, 11) is 0. The number of amides is 1. The first-order valence-electron chi connectivity index (χ1n) is 12.4. The highest BCUT2D eigenvalue weighted by Gasteiger charge is 2.48. The number of ether oxygens (including phenoxy) is 2. The van der Waals surface area contributed by atoms with Crippen LogP contribution >= 0.6 is 34.5 Å². The van der Waals surface area contributed by atoms with Crippen molar-refractivity contribution in [3.8, 4) is 5.75 Å². The third-order valence-corrected chi connectivity index (χ3v) is 7.96. The smallest absolute Gasteiger partial charge is 0.350 e. The molecule has 0 bridgehead atoms. The predicted octanol–water partition coefficient (Wildman–Crippen LogP) is 6.91. The van der Waals surface area contributed by atoms with Gasteiger partial charge in [-0.15, -0.1) is 0 Å². The number of aliphatic hydroxyl groups excluding tert-OH is 1. The number of ketones is 1. The van der Waals surface area contributed by atoms with Crippen molar-refractivity contribution in [2.75, 3.05) is 18.1 Å². The highest BCUT2D eigenvalue weighted by atomic mass is 35.5. The number of benzene rings is 2. The molecule has 11 heteroatoms. The number of hydrogen-bond acceptors (Lipinski definition) is 8. The number of anilines is 1. The molecule has 0 radical (unpaired) electrons. The van der Waals surface area contributed by atoms with Gasteiger partial charge in [-0.25, -0.2) is 9.78 Å². The van der Waals surface area contributed by atoms with E-state index in [2.05, 4.69) is 11.6 Å². The number of thiazole rings is 1. The number of aryl methyl sites for hydroxylation is 1. The number of unbranched alkanes of at least 4 members (excludes halogenated alkanes) is 1. The Morgan fingerprint density at radius 2 is 1.98 bits per heavy atom. The van der Waals surface area contributed by atoms with Crippen LogP contribution < -0.4 is 9.64 Å². The Balaban J connectivity index is 1.85. The standard InChI is InChI=1S/C29H26Cl2N2O6S/c1-4-6-13-38-19-9-7-8-18(14-19)24(34)22-23(17-10-11-20(30)21(31)15-17)33(27(36)25(22)35)29-32-16(3)26(40-29)28(37)39-12-5-2/h5,7-11,14-15,23,34H,2,4,6,12-13H2,1,3H3. The third kappa shape index (κ3) is 5.91. The monoisotopic (exact) mass is 600 g/mol. The Kier molecular flexibility index (Phi) is 9.29. The van der Waals surface area contributed by atoms with Crippen LogP contribution in [0.15, 0.2) is 60.7 Å². The lowest BCUT2D eigenvalue weighted by Gasteiger charge is -2.23. The van der Waals surface area contributed by atoms with Gasteiger partial charge in [0, 0.05) is 5.56 Å². The molecule has 2 heterocycles. The van der Waals surface area contributed by atoms with E-state index in [4.69, 9.17) is 32.7 Å². The van der Waals surface area contributed by atoms with Gasteiger partial charge in [-0.3, -0.25) is 14.5 Å². The first kappa shape index (κ1) is 29.3. The van der Waals surface area contributed by atoms with Crippen molar-refractivity contribution in [2.45, 2.75) is 32.7 Å². The average molecular weight is 602 g/mol. The van der Waals surface area contributed by atoms with E-state index in [0.29, 0.717) is 29.2 Å². The van der Waals surface area contributed by atoms with E-state index < -0.39 is 29.5 Å². The van der Waals surface area contributed by atoms with E-state index in [1.165, 1.54) is 18.2 Å². The summed E-state index contributed by atoms with van der Waals surface area (Å²) in [6.07, 6.45) is 3.24. The Morgan fingerprint density at radius 3 is 2.67 bits per heavy atom. The number of hydrogen-bond donors (Lipinski definition) is 1. The maximum Gasteiger partial charge on any atom is 0.350 e. The molecule has 1 saturated heterocycles. The second-order valence-corrected chi connectivity index (χ2v) is 10.7. The molecule has 0 aliphatic carbocycles. The molecule has 1 aliphatic rings. The fourth-order valence-electron chi connectivity index (χ4n) is 4.13. The van der Waals surface area contributed by atoms with Gasteiger partial charge in [0.25, 0.3) is 5.78 Å². The molecule has 1 atom stereocenters. The first-order valence-corrected chi connectivity index (χ1v) is 14.0. The van der Waals surface area contributed by atoms with E-state index in [0.717, 1.165) is 29.1 Å². The predicted molar refractivity (Wildman–Crippen MR) is 155 cm³/mol. The van der Waals surface area contributed by atoms with Crippen LogP contribution in [0.3, 0.4) is 0 Å². The molecule has 40 heavy (non-hydrogen) atoms. The van der Waals surface area contributed by atoms with Crippen LogP contribution in [0.25, 0.3) is 5.76 Å². The summed E-state index contributed by atoms with van der Waals surface area (Å²) in [5.74, 6) is -2.36. The van der Waals surface area contributed by atoms with Crippen LogP contribution in [-0.4, -0.2) is 41.0 Å². The van der Waals surface area contributed by atoms with Crippen LogP contribution in [0.2, 0.25) is 10.0 Å². The van der Waals surface area contributed by atoms with Crippen molar-refractivity contribution < 1.29 is 29.0 Å². The van der Waals surface area contributed by atoms with Gasteiger partial charge in [0.15, 0.2) is 5.13 Å². The lowest BCUT2D eigenvalue weighted by atomic mass is 9.95. The van der Waals surface area contributed by atoms with Crippen molar-refractivity contribution in [1.82, 2.24) is 4.98 Å². The molecule has 1 amide bonds. The van der Waals surface area contributed by atoms with E-state index in [1.54, 1.807) is 37.3 Å². The van der Waals surface area contributed by atoms with E-state index in [-0.39, 0.29) is 32.2 Å². The van der Waals surface area contributed by atoms with E-state index >= 15 is 0 Å². The Labute approximate surface area is 245 Å². The van der Waals surface area contributed by atoms with Crippen LogP contribution in [0, 0.1) is 6.92 Å². The minimum Gasteiger partial charge on any atom is -0.507 e. The number of halogens is 2. The number of esters is 1. The number of aromatic nitrogens is 1. The maximum absolute atomic E-state index is 13.5. The molecule has 208 valence electrons. The second kappa shape index (κ2) is 12.7. The Bertz CT molecular complexity index is 1520. The van der Waals surface area contributed by atoms with Gasteiger partial charge in [-0.05, 0) is 43.2 Å². The maximum atomic E-state index is 13.5. The number of rotatable bonds is 10. The molecule has 3 aromatic rings. The van der Waals surface area contributed by atoms with E-state index in [9.17, 15) is 19.5 Å². The zero-order valence-corrected chi connectivity index (χ0v) is 24.1. The summed E-state index contributed by atoms with van der Waals surface area (Å²) >= 11 is 13.3. The molecule has 8 nitrogen and oxygen atoms in total.